The second-order valence-corrected chi connectivity index (χ2v) is 6.79. The predicted molar refractivity (Wildman–Crippen MR) is 90.9 cm³/mol. The smallest absolute Gasteiger partial charge is 0.191 e. The summed E-state index contributed by atoms with van der Waals surface area (Å²) in [5.74, 6) is -0.303. The van der Waals surface area contributed by atoms with Gasteiger partial charge in [0.05, 0.1) is 0 Å². The van der Waals surface area contributed by atoms with Crippen molar-refractivity contribution in [2.75, 3.05) is 33.1 Å². The van der Waals surface area contributed by atoms with Gasteiger partial charge in [-0.15, -0.1) is 0 Å². The summed E-state index contributed by atoms with van der Waals surface area (Å²) in [5, 5.41) is 6.31. The van der Waals surface area contributed by atoms with Crippen molar-refractivity contribution in [3.63, 3.8) is 0 Å². The van der Waals surface area contributed by atoms with Gasteiger partial charge in [-0.1, -0.05) is 0 Å². The summed E-state index contributed by atoms with van der Waals surface area (Å²) >= 11 is 1.83. The quantitative estimate of drug-likeness (QED) is 0.637. The molecule has 128 valence electrons. The van der Waals surface area contributed by atoms with E-state index in [4.69, 9.17) is 4.74 Å². The van der Waals surface area contributed by atoms with E-state index in [2.05, 4.69) is 21.9 Å². The molecule has 0 radical (unpaired) electrons. The van der Waals surface area contributed by atoms with E-state index in [1.165, 1.54) is 6.07 Å². The normalized spacial score (nSPS) is 17.8. The lowest BCUT2D eigenvalue weighted by Gasteiger charge is -2.36. The van der Waals surface area contributed by atoms with Crippen LogP contribution in [0.3, 0.4) is 0 Å². The van der Waals surface area contributed by atoms with Crippen LogP contribution in [0.15, 0.2) is 23.2 Å². The Labute approximate surface area is 140 Å². The molecule has 0 spiro atoms. The maximum Gasteiger partial charge on any atom is 0.191 e. The lowest BCUT2D eigenvalue weighted by atomic mass is 9.99. The van der Waals surface area contributed by atoms with Crippen molar-refractivity contribution in [1.82, 2.24) is 10.6 Å². The lowest BCUT2D eigenvalue weighted by Crippen LogP contribution is -2.47. The van der Waals surface area contributed by atoms with E-state index in [0.29, 0.717) is 5.96 Å². The third-order valence-corrected chi connectivity index (χ3v) is 5.51. The first-order valence-corrected chi connectivity index (χ1v) is 8.82. The highest BCUT2D eigenvalue weighted by Crippen LogP contribution is 2.32. The van der Waals surface area contributed by atoms with Crippen molar-refractivity contribution in [2.24, 2.45) is 4.99 Å². The molecule has 0 aliphatic carbocycles. The number of hydrogen-bond acceptors (Lipinski definition) is 3. The van der Waals surface area contributed by atoms with E-state index in [0.717, 1.165) is 44.7 Å². The zero-order valence-electron chi connectivity index (χ0n) is 13.5. The number of nitrogens with one attached hydrogen (secondary N) is 2. The Balaban J connectivity index is 1.89. The molecule has 0 saturated carbocycles. The van der Waals surface area contributed by atoms with E-state index in [9.17, 15) is 8.78 Å². The fourth-order valence-electron chi connectivity index (χ4n) is 2.52. The van der Waals surface area contributed by atoms with Gasteiger partial charge in [-0.2, -0.15) is 11.8 Å². The molecule has 7 heteroatoms. The molecule has 4 nitrogen and oxygen atoms in total. The van der Waals surface area contributed by atoms with Gasteiger partial charge in [-0.25, -0.2) is 8.78 Å². The molecule has 1 saturated heterocycles. The molecule has 1 aliphatic heterocycles. The zero-order chi connectivity index (χ0) is 16.7. The van der Waals surface area contributed by atoms with Gasteiger partial charge < -0.3 is 15.4 Å². The fraction of sp³-hybridized carbons (Fsp3) is 0.562. The Kier molecular flexibility index (Phi) is 6.65. The van der Waals surface area contributed by atoms with E-state index in [1.54, 1.807) is 7.05 Å². The first-order chi connectivity index (χ1) is 11.1. The Morgan fingerprint density at radius 3 is 2.70 bits per heavy atom. The van der Waals surface area contributed by atoms with Crippen LogP contribution >= 0.6 is 11.8 Å². The summed E-state index contributed by atoms with van der Waals surface area (Å²) in [4.78, 5) is 4.14. The van der Waals surface area contributed by atoms with Gasteiger partial charge in [-0.05, 0) is 37.3 Å². The number of guanidine groups is 1. The van der Waals surface area contributed by atoms with Crippen molar-refractivity contribution in [1.29, 1.82) is 0 Å². The van der Waals surface area contributed by atoms with Crippen molar-refractivity contribution < 1.29 is 13.5 Å². The first kappa shape index (κ1) is 18.0. The van der Waals surface area contributed by atoms with Crippen LogP contribution in [0.2, 0.25) is 0 Å². The van der Waals surface area contributed by atoms with Gasteiger partial charge in [0.25, 0.3) is 0 Å². The molecule has 1 aromatic rings. The summed E-state index contributed by atoms with van der Waals surface area (Å²) in [7, 11) is 1.66. The van der Waals surface area contributed by atoms with Crippen LogP contribution in [0.25, 0.3) is 0 Å². The highest BCUT2D eigenvalue weighted by Gasteiger charge is 2.31. The summed E-state index contributed by atoms with van der Waals surface area (Å²) in [6, 6.07) is 3.43. The molecule has 2 rings (SSSR count). The molecule has 1 fully saturated rings. The monoisotopic (exact) mass is 343 g/mol. The predicted octanol–water partition coefficient (Wildman–Crippen LogP) is 2.54. The van der Waals surface area contributed by atoms with Crippen LogP contribution in [0.1, 0.15) is 18.4 Å². The Hall–Kier alpha value is -1.34. The summed E-state index contributed by atoms with van der Waals surface area (Å²) in [5.41, 5.74) is 0.276. The van der Waals surface area contributed by atoms with Crippen LogP contribution in [-0.2, 0) is 11.3 Å². The van der Waals surface area contributed by atoms with E-state index in [-0.39, 0.29) is 16.9 Å². The Morgan fingerprint density at radius 1 is 1.30 bits per heavy atom. The summed E-state index contributed by atoms with van der Waals surface area (Å²) in [6.07, 6.45) is 4.07. The highest BCUT2D eigenvalue weighted by atomic mass is 32.2. The first-order valence-electron chi connectivity index (χ1n) is 7.60. The SMILES string of the molecule is CN=C(NCc1cc(F)ccc1F)NCC1(SC)CCOCC1. The van der Waals surface area contributed by atoms with Gasteiger partial charge >= 0.3 is 0 Å². The molecule has 0 bridgehead atoms. The minimum absolute atomic E-state index is 0.125. The largest absolute Gasteiger partial charge is 0.381 e. The molecule has 1 heterocycles. The number of hydrogen-bond donors (Lipinski definition) is 2. The standard InChI is InChI=1S/C16H23F2N3OS/c1-19-15(20-10-12-9-13(17)3-4-14(12)18)21-11-16(23-2)5-7-22-8-6-16/h3-4,9H,5-8,10-11H2,1-2H3,(H2,19,20,21). The number of aliphatic imine (C=N–C) groups is 1. The third kappa shape index (κ3) is 5.07. The molecule has 2 N–H and O–H groups in total. The van der Waals surface area contributed by atoms with Crippen molar-refractivity contribution in [3.8, 4) is 0 Å². The van der Waals surface area contributed by atoms with Crippen LogP contribution in [0.5, 0.6) is 0 Å². The zero-order valence-corrected chi connectivity index (χ0v) is 14.3. The van der Waals surface area contributed by atoms with Crippen molar-refractivity contribution in [2.45, 2.75) is 24.1 Å². The molecule has 1 aromatic carbocycles. The Morgan fingerprint density at radius 2 is 2.04 bits per heavy atom. The van der Waals surface area contributed by atoms with Gasteiger partial charge in [0, 0.05) is 43.7 Å². The van der Waals surface area contributed by atoms with E-state index in [1.807, 2.05) is 11.8 Å². The molecule has 0 atom stereocenters. The minimum atomic E-state index is -0.449. The molecule has 0 unspecified atom stereocenters. The highest BCUT2D eigenvalue weighted by molar-refractivity contribution is 8.00. The summed E-state index contributed by atoms with van der Waals surface area (Å²) < 4.78 is 32.4. The molecular formula is C16H23F2N3OS. The topological polar surface area (TPSA) is 45.7 Å². The maximum absolute atomic E-state index is 13.6. The minimum Gasteiger partial charge on any atom is -0.381 e. The van der Waals surface area contributed by atoms with Crippen LogP contribution in [0.4, 0.5) is 8.78 Å². The molecule has 23 heavy (non-hydrogen) atoms. The number of ether oxygens (including phenoxy) is 1. The maximum atomic E-state index is 13.6. The number of rotatable bonds is 5. The number of benzene rings is 1. The van der Waals surface area contributed by atoms with Gasteiger partial charge in [-0.3, -0.25) is 4.99 Å². The Bertz CT molecular complexity index is 548. The second-order valence-electron chi connectivity index (χ2n) is 5.51. The molecule has 1 aliphatic rings. The average Bonchev–Trinajstić information content (AvgIpc) is 2.58. The van der Waals surface area contributed by atoms with Crippen molar-refractivity contribution >= 4 is 17.7 Å². The molecule has 0 amide bonds. The average molecular weight is 343 g/mol. The van der Waals surface area contributed by atoms with Crippen molar-refractivity contribution in [3.05, 3.63) is 35.4 Å². The third-order valence-electron chi connectivity index (χ3n) is 4.09. The fourth-order valence-corrected chi connectivity index (χ4v) is 3.31. The lowest BCUT2D eigenvalue weighted by molar-refractivity contribution is 0.0783. The van der Waals surface area contributed by atoms with Gasteiger partial charge in [0.15, 0.2) is 5.96 Å². The van der Waals surface area contributed by atoms with Crippen LogP contribution < -0.4 is 10.6 Å². The number of thioether (sulfide) groups is 1. The van der Waals surface area contributed by atoms with E-state index >= 15 is 0 Å². The number of halogens is 2. The van der Waals surface area contributed by atoms with Crippen LogP contribution in [-0.4, -0.2) is 43.8 Å². The van der Waals surface area contributed by atoms with E-state index < -0.39 is 11.6 Å². The van der Waals surface area contributed by atoms with Gasteiger partial charge in [0.1, 0.15) is 11.6 Å². The molecule has 0 aromatic heterocycles. The summed E-state index contributed by atoms with van der Waals surface area (Å²) in [6.45, 7) is 2.47. The molecular weight excluding hydrogens is 320 g/mol. The van der Waals surface area contributed by atoms with Crippen LogP contribution in [0, 0.1) is 11.6 Å². The van der Waals surface area contributed by atoms with Gasteiger partial charge in [0.2, 0.25) is 0 Å². The number of nitrogens with zero attached hydrogens (tertiary/aromatic N) is 1. The second kappa shape index (κ2) is 8.49.